The number of aromatic nitrogens is 2. The Kier molecular flexibility index (Phi) is 4.69. The lowest BCUT2D eigenvalue weighted by atomic mass is 9.91. The molecule has 1 aliphatic rings. The van der Waals surface area contributed by atoms with Crippen molar-refractivity contribution in [1.29, 1.82) is 0 Å². The molecule has 2 aromatic heterocycles. The quantitative estimate of drug-likeness (QED) is 0.686. The average molecular weight is 431 g/mol. The number of aliphatic imine (C=N–C) groups is 1. The van der Waals surface area contributed by atoms with Crippen LogP contribution in [-0.4, -0.2) is 41.5 Å². The molecule has 0 saturated heterocycles. The van der Waals surface area contributed by atoms with E-state index in [2.05, 4.69) is 15.0 Å². The highest BCUT2D eigenvalue weighted by atomic mass is 32.2. The molecule has 0 bridgehead atoms. The molecule has 2 N–H and O–H groups in total. The first-order valence-corrected chi connectivity index (χ1v) is 10.7. The molecule has 0 radical (unpaired) electrons. The number of benzene rings is 1. The number of hydrogen-bond donors (Lipinski definition) is 1. The van der Waals surface area contributed by atoms with Crippen LogP contribution in [0.2, 0.25) is 0 Å². The zero-order valence-electron chi connectivity index (χ0n) is 16.3. The van der Waals surface area contributed by atoms with Gasteiger partial charge in [-0.25, -0.2) is 26.5 Å². The van der Waals surface area contributed by atoms with Crippen LogP contribution in [0.4, 0.5) is 8.78 Å². The Bertz CT molecular complexity index is 1300. The first-order chi connectivity index (χ1) is 14.1. The van der Waals surface area contributed by atoms with Crippen LogP contribution in [0.1, 0.15) is 23.7 Å². The number of nitrogens with zero attached hydrogens (tertiary/aromatic N) is 4. The summed E-state index contributed by atoms with van der Waals surface area (Å²) < 4.78 is 53.9. The predicted molar refractivity (Wildman–Crippen MR) is 109 cm³/mol. The summed E-state index contributed by atoms with van der Waals surface area (Å²) in [6.07, 6.45) is 2.97. The van der Waals surface area contributed by atoms with Crippen molar-refractivity contribution >= 4 is 26.9 Å². The van der Waals surface area contributed by atoms with Crippen LogP contribution in [0.15, 0.2) is 47.7 Å². The van der Waals surface area contributed by atoms with Crippen molar-refractivity contribution in [1.82, 2.24) is 14.3 Å². The molecule has 1 aliphatic heterocycles. The molecule has 3 heterocycles. The van der Waals surface area contributed by atoms with E-state index in [-0.39, 0.29) is 11.5 Å². The van der Waals surface area contributed by atoms with Crippen LogP contribution in [-0.2, 0) is 22.0 Å². The second kappa shape index (κ2) is 6.98. The van der Waals surface area contributed by atoms with Crippen molar-refractivity contribution in [3.05, 3.63) is 71.2 Å². The minimum absolute atomic E-state index is 0.124. The zero-order valence-corrected chi connectivity index (χ0v) is 17.1. The maximum atomic E-state index is 14.7. The normalized spacial score (nSPS) is 20.9. The molecule has 0 saturated carbocycles. The molecule has 7 nitrogen and oxygen atoms in total. The summed E-state index contributed by atoms with van der Waals surface area (Å²) >= 11 is 0. The van der Waals surface area contributed by atoms with Crippen molar-refractivity contribution in [2.75, 3.05) is 12.8 Å². The lowest BCUT2D eigenvalue weighted by Gasteiger charge is -2.34. The molecule has 4 rings (SSSR count). The van der Waals surface area contributed by atoms with Gasteiger partial charge in [0.15, 0.2) is 0 Å². The molecular weight excluding hydrogens is 412 g/mol. The molecule has 0 spiro atoms. The van der Waals surface area contributed by atoms with Crippen molar-refractivity contribution in [3.63, 3.8) is 0 Å². The Morgan fingerprint density at radius 2 is 1.97 bits per heavy atom. The minimum Gasteiger partial charge on any atom is -0.369 e. The Morgan fingerprint density at radius 1 is 1.20 bits per heavy atom. The maximum absolute atomic E-state index is 14.7. The van der Waals surface area contributed by atoms with Gasteiger partial charge < -0.3 is 5.73 Å². The summed E-state index contributed by atoms with van der Waals surface area (Å²) in [7, 11) is -2.43. The Balaban J connectivity index is 1.77. The summed E-state index contributed by atoms with van der Waals surface area (Å²) in [4.78, 5) is 12.7. The topological polar surface area (TPSA) is 102 Å². The van der Waals surface area contributed by atoms with Gasteiger partial charge in [0, 0.05) is 30.6 Å². The second-order valence-corrected chi connectivity index (χ2v) is 9.44. The molecule has 30 heavy (non-hydrogen) atoms. The maximum Gasteiger partial charge on any atom is 0.239 e. The fraction of sp³-hybridized carbons (Fsp3) is 0.250. The van der Waals surface area contributed by atoms with E-state index in [0.29, 0.717) is 28.6 Å². The van der Waals surface area contributed by atoms with Gasteiger partial charge in [0.05, 0.1) is 23.2 Å². The smallest absolute Gasteiger partial charge is 0.239 e. The second-order valence-electron chi connectivity index (χ2n) is 7.44. The van der Waals surface area contributed by atoms with E-state index in [4.69, 9.17) is 5.73 Å². The Labute approximate surface area is 172 Å². The van der Waals surface area contributed by atoms with E-state index < -0.39 is 32.9 Å². The number of halogens is 2. The number of nitrogens with two attached hydrogens (primary N) is 1. The van der Waals surface area contributed by atoms with Crippen molar-refractivity contribution in [2.45, 2.75) is 18.9 Å². The van der Waals surface area contributed by atoms with E-state index in [1.807, 2.05) is 0 Å². The van der Waals surface area contributed by atoms with Gasteiger partial charge in [0.1, 0.15) is 17.2 Å². The first kappa shape index (κ1) is 20.1. The summed E-state index contributed by atoms with van der Waals surface area (Å²) in [5.41, 5.74) is 6.35. The molecule has 0 amide bonds. The molecule has 1 aromatic carbocycles. The van der Waals surface area contributed by atoms with E-state index in [0.717, 1.165) is 10.5 Å². The molecule has 156 valence electrons. The van der Waals surface area contributed by atoms with E-state index in [9.17, 15) is 17.2 Å². The SMILES string of the molecule is CN1C(N)=N[C@](C)(c2cc(Cc3nccc4cc(F)cnc34)ccc2F)CS1(=O)=O. The fourth-order valence-corrected chi connectivity index (χ4v) is 5.05. The van der Waals surface area contributed by atoms with Crippen LogP contribution >= 0.6 is 0 Å². The van der Waals surface area contributed by atoms with Gasteiger partial charge in [0.25, 0.3) is 0 Å². The summed E-state index contributed by atoms with van der Waals surface area (Å²) in [6.45, 7) is 1.53. The van der Waals surface area contributed by atoms with Gasteiger partial charge in [-0.3, -0.25) is 9.97 Å². The zero-order chi connectivity index (χ0) is 21.7. The monoisotopic (exact) mass is 431 g/mol. The third-order valence-corrected chi connectivity index (χ3v) is 7.14. The van der Waals surface area contributed by atoms with Gasteiger partial charge >= 0.3 is 0 Å². The summed E-state index contributed by atoms with van der Waals surface area (Å²) in [5.74, 6) is -1.64. The molecule has 1 atom stereocenters. The lowest BCUT2D eigenvalue weighted by Crippen LogP contribution is -2.50. The van der Waals surface area contributed by atoms with Gasteiger partial charge in [-0.15, -0.1) is 0 Å². The van der Waals surface area contributed by atoms with Crippen molar-refractivity contribution in [2.24, 2.45) is 10.7 Å². The number of sulfonamides is 1. The van der Waals surface area contributed by atoms with Crippen LogP contribution in [0, 0.1) is 11.6 Å². The van der Waals surface area contributed by atoms with Crippen LogP contribution < -0.4 is 5.73 Å². The van der Waals surface area contributed by atoms with E-state index >= 15 is 0 Å². The highest BCUT2D eigenvalue weighted by molar-refractivity contribution is 7.89. The van der Waals surface area contributed by atoms with E-state index in [1.165, 1.54) is 26.1 Å². The van der Waals surface area contributed by atoms with Crippen LogP contribution in [0.3, 0.4) is 0 Å². The number of guanidine groups is 1. The van der Waals surface area contributed by atoms with Gasteiger partial charge in [0.2, 0.25) is 16.0 Å². The lowest BCUT2D eigenvalue weighted by molar-refractivity contribution is 0.457. The molecule has 3 aromatic rings. The molecule has 0 unspecified atom stereocenters. The predicted octanol–water partition coefficient (Wildman–Crippen LogP) is 2.30. The number of pyridine rings is 2. The first-order valence-electron chi connectivity index (χ1n) is 9.09. The largest absolute Gasteiger partial charge is 0.369 e. The van der Waals surface area contributed by atoms with Gasteiger partial charge in [-0.2, -0.15) is 0 Å². The van der Waals surface area contributed by atoms with Crippen LogP contribution in [0.25, 0.3) is 10.9 Å². The number of hydrogen-bond acceptors (Lipinski definition) is 6. The summed E-state index contributed by atoms with van der Waals surface area (Å²) in [6, 6.07) is 7.45. The van der Waals surface area contributed by atoms with Gasteiger partial charge in [-0.05, 0) is 30.7 Å². The molecule has 0 fully saturated rings. The van der Waals surface area contributed by atoms with Crippen LogP contribution in [0.5, 0.6) is 0 Å². The Morgan fingerprint density at radius 3 is 2.70 bits per heavy atom. The highest BCUT2D eigenvalue weighted by Crippen LogP contribution is 2.34. The highest BCUT2D eigenvalue weighted by Gasteiger charge is 2.41. The molecule has 0 aliphatic carbocycles. The molecular formula is C20H19F2N5O2S. The number of fused-ring (bicyclic) bond motifs is 1. The van der Waals surface area contributed by atoms with Crippen molar-refractivity contribution < 1.29 is 17.2 Å². The third-order valence-electron chi connectivity index (χ3n) is 5.19. The third kappa shape index (κ3) is 3.47. The fourth-order valence-electron chi connectivity index (χ4n) is 3.60. The van der Waals surface area contributed by atoms with Crippen molar-refractivity contribution in [3.8, 4) is 0 Å². The van der Waals surface area contributed by atoms with Gasteiger partial charge in [-0.1, -0.05) is 12.1 Å². The average Bonchev–Trinajstić information content (AvgIpc) is 2.67. The Hall–Kier alpha value is -3.14. The standard InChI is InChI=1S/C20H19F2N5O2S/c1-20(11-30(28,29)27(2)19(23)26-20)15-7-12(3-4-16(15)22)8-17-18-13(5-6-24-17)9-14(21)10-25-18/h3-7,9-10H,8,11H2,1-2H3,(H2,23,26)/t20-/m0/s1. The minimum atomic E-state index is -3.73. The summed E-state index contributed by atoms with van der Waals surface area (Å²) in [5, 5.41) is 0.605. The number of rotatable bonds is 3. The van der Waals surface area contributed by atoms with E-state index in [1.54, 1.807) is 24.4 Å². The molecule has 10 heteroatoms.